The van der Waals surface area contributed by atoms with Gasteiger partial charge in [0.25, 0.3) is 5.82 Å². The van der Waals surface area contributed by atoms with Crippen LogP contribution >= 0.6 is 0 Å². The molecule has 1 unspecified atom stereocenters. The molecular weight excluding hydrogens is 609 g/mol. The minimum Gasteiger partial charge on any atom is -0.361 e. The van der Waals surface area contributed by atoms with Gasteiger partial charge in [-0.2, -0.15) is 22.8 Å². The number of halogens is 3. The van der Waals surface area contributed by atoms with Gasteiger partial charge in [-0.25, -0.2) is 9.97 Å². The van der Waals surface area contributed by atoms with E-state index >= 15 is 0 Å². The van der Waals surface area contributed by atoms with Crippen molar-refractivity contribution < 1.29 is 17.9 Å². The number of hydrogen-bond acceptors (Lipinski definition) is 7. The van der Waals surface area contributed by atoms with Gasteiger partial charge in [-0.1, -0.05) is 31.8 Å². The Morgan fingerprint density at radius 2 is 1.76 bits per heavy atom. The van der Waals surface area contributed by atoms with Crippen molar-refractivity contribution in [1.29, 1.82) is 0 Å². The molecule has 1 atom stereocenters. The number of anilines is 2. The number of nitrogens with zero attached hydrogens (tertiary/aromatic N) is 7. The van der Waals surface area contributed by atoms with Crippen LogP contribution in [0, 0.1) is 6.92 Å². The first kappa shape index (κ1) is 32.4. The number of fused-ring (bicyclic) bond motifs is 1. The van der Waals surface area contributed by atoms with Crippen molar-refractivity contribution in [2.45, 2.75) is 90.1 Å². The Morgan fingerprint density at radius 3 is 2.50 bits per heavy atom. The first-order valence-corrected chi connectivity index (χ1v) is 19.9. The second-order valence-corrected chi connectivity index (χ2v) is 19.3. The smallest absolute Gasteiger partial charge is 0.361 e. The van der Waals surface area contributed by atoms with E-state index in [2.05, 4.69) is 56.0 Å². The zero-order valence-corrected chi connectivity index (χ0v) is 28.1. The number of alkyl halides is 3. The molecule has 1 fully saturated rings. The molecule has 13 heteroatoms. The number of rotatable bonds is 10. The lowest BCUT2D eigenvalue weighted by Crippen LogP contribution is -2.32. The first-order chi connectivity index (χ1) is 21.9. The number of hydrogen-bond donors (Lipinski definition) is 1. The van der Waals surface area contributed by atoms with Crippen molar-refractivity contribution in [3.63, 3.8) is 0 Å². The highest BCUT2D eigenvalue weighted by atomic mass is 28.3. The standard InChI is InChI=1S/C33H43F3N8OSi/c1-23-30(37-21-43(23)22-45-18-19-46(2,3)4)28-8-7-9-29(39-28)44-32(40-31(41-44)33(34,35)36)38-26-13-10-24-11-14-27(15-12-25(24)20-26)42-16-5-6-17-42/h7-10,13,20-21,27H,5-6,11-12,14-19,22H2,1-4H3,(H,38,40,41). The summed E-state index contributed by atoms with van der Waals surface area (Å²) in [6, 6.07) is 12.8. The van der Waals surface area contributed by atoms with E-state index in [4.69, 9.17) is 4.74 Å². The van der Waals surface area contributed by atoms with Crippen molar-refractivity contribution in [3.8, 4) is 17.2 Å². The highest BCUT2D eigenvalue weighted by Gasteiger charge is 2.37. The molecule has 1 aliphatic heterocycles. The lowest BCUT2D eigenvalue weighted by Gasteiger charge is -2.25. The van der Waals surface area contributed by atoms with E-state index in [1.165, 1.54) is 37.1 Å². The molecule has 9 nitrogen and oxygen atoms in total. The van der Waals surface area contributed by atoms with E-state index in [0.29, 0.717) is 36.5 Å². The molecule has 3 aromatic heterocycles. The van der Waals surface area contributed by atoms with Crippen molar-refractivity contribution in [3.05, 3.63) is 65.4 Å². The van der Waals surface area contributed by atoms with Crippen LogP contribution in [0.5, 0.6) is 0 Å². The zero-order valence-electron chi connectivity index (χ0n) is 27.1. The van der Waals surface area contributed by atoms with Crippen LogP contribution in [0.1, 0.15) is 48.3 Å². The minimum absolute atomic E-state index is 0.0569. The van der Waals surface area contributed by atoms with Crippen LogP contribution < -0.4 is 5.32 Å². The van der Waals surface area contributed by atoms with Gasteiger partial charge in [-0.3, -0.25) is 0 Å². The summed E-state index contributed by atoms with van der Waals surface area (Å²) in [6.07, 6.45) is 3.67. The maximum absolute atomic E-state index is 13.9. The van der Waals surface area contributed by atoms with Crippen LogP contribution in [0.25, 0.3) is 17.2 Å². The van der Waals surface area contributed by atoms with Crippen LogP contribution in [0.2, 0.25) is 25.7 Å². The number of aryl methyl sites for hydroxylation is 2. The Hall–Kier alpha value is -3.55. The van der Waals surface area contributed by atoms with Gasteiger partial charge in [0.2, 0.25) is 5.95 Å². The van der Waals surface area contributed by atoms with Crippen LogP contribution in [0.3, 0.4) is 0 Å². The molecule has 4 aromatic rings. The Kier molecular flexibility index (Phi) is 9.35. The van der Waals surface area contributed by atoms with E-state index < -0.39 is 20.1 Å². The second kappa shape index (κ2) is 13.3. The molecule has 0 amide bonds. The summed E-state index contributed by atoms with van der Waals surface area (Å²) in [6.45, 7) is 12.3. The Bertz CT molecular complexity index is 1660. The molecular formula is C33H43F3N8OSi. The fourth-order valence-corrected chi connectivity index (χ4v) is 7.04. The number of benzene rings is 1. The van der Waals surface area contributed by atoms with E-state index in [9.17, 15) is 13.2 Å². The Morgan fingerprint density at radius 1 is 1.00 bits per heavy atom. The number of imidazole rings is 1. The molecule has 0 saturated carbocycles. The molecule has 4 heterocycles. The van der Waals surface area contributed by atoms with Gasteiger partial charge in [0.05, 0.1) is 12.0 Å². The van der Waals surface area contributed by atoms with Gasteiger partial charge in [0.15, 0.2) is 5.82 Å². The summed E-state index contributed by atoms with van der Waals surface area (Å²) in [4.78, 5) is 15.7. The number of nitrogens with one attached hydrogen (secondary N) is 1. The van der Waals surface area contributed by atoms with Crippen LogP contribution in [0.4, 0.5) is 24.8 Å². The van der Waals surface area contributed by atoms with E-state index in [0.717, 1.165) is 42.1 Å². The molecule has 0 spiro atoms. The molecule has 6 rings (SSSR count). The SMILES string of the molecule is Cc1c(-c2cccc(-n3nc(C(F)(F)F)nc3Nc3ccc4c(c3)CCC(N3CCCC3)CC4)n2)ncn1COCC[Si](C)(C)C. The van der Waals surface area contributed by atoms with Gasteiger partial charge in [-0.15, -0.1) is 5.10 Å². The van der Waals surface area contributed by atoms with Crippen molar-refractivity contribution in [2.24, 2.45) is 0 Å². The summed E-state index contributed by atoms with van der Waals surface area (Å²) in [5.41, 5.74) is 5.19. The predicted molar refractivity (Wildman–Crippen MR) is 175 cm³/mol. The van der Waals surface area contributed by atoms with E-state index in [-0.39, 0.29) is 11.8 Å². The second-order valence-electron chi connectivity index (χ2n) is 13.6. The average Bonchev–Trinajstić information content (AvgIpc) is 3.74. The summed E-state index contributed by atoms with van der Waals surface area (Å²) >= 11 is 0. The zero-order chi connectivity index (χ0) is 32.5. The maximum atomic E-state index is 13.9. The Labute approximate surface area is 269 Å². The number of ether oxygens (including phenoxy) is 1. The molecule has 246 valence electrons. The van der Waals surface area contributed by atoms with Crippen molar-refractivity contribution in [1.82, 2.24) is 34.2 Å². The molecule has 1 saturated heterocycles. The van der Waals surface area contributed by atoms with Crippen molar-refractivity contribution >= 4 is 19.7 Å². The average molecular weight is 653 g/mol. The van der Waals surface area contributed by atoms with Crippen molar-refractivity contribution in [2.75, 3.05) is 25.0 Å². The fourth-order valence-electron chi connectivity index (χ4n) is 6.28. The summed E-state index contributed by atoms with van der Waals surface area (Å²) in [5, 5.41) is 6.96. The summed E-state index contributed by atoms with van der Waals surface area (Å²) in [5.74, 6) is -1.09. The lowest BCUT2D eigenvalue weighted by molar-refractivity contribution is -0.144. The monoisotopic (exact) mass is 652 g/mol. The largest absolute Gasteiger partial charge is 0.453 e. The van der Waals surface area contributed by atoms with Gasteiger partial charge in [0, 0.05) is 32.1 Å². The third-order valence-electron chi connectivity index (χ3n) is 8.99. The molecule has 0 bridgehead atoms. The third kappa shape index (κ3) is 7.53. The maximum Gasteiger partial charge on any atom is 0.453 e. The van der Waals surface area contributed by atoms with Crippen LogP contribution in [-0.2, 0) is 30.5 Å². The number of aromatic nitrogens is 6. The summed E-state index contributed by atoms with van der Waals surface area (Å²) in [7, 11) is -1.20. The number of pyridine rings is 1. The number of likely N-dealkylation sites (tertiary alicyclic amines) is 1. The van der Waals surface area contributed by atoms with Gasteiger partial charge in [0.1, 0.15) is 12.4 Å². The highest BCUT2D eigenvalue weighted by Crippen LogP contribution is 2.32. The third-order valence-corrected chi connectivity index (χ3v) is 10.7. The van der Waals surface area contributed by atoms with Gasteiger partial charge in [-0.05, 0) is 100.0 Å². The molecule has 1 aromatic carbocycles. The molecule has 46 heavy (non-hydrogen) atoms. The Balaban J connectivity index is 1.23. The topological polar surface area (TPSA) is 85.9 Å². The minimum atomic E-state index is -4.72. The lowest BCUT2D eigenvalue weighted by atomic mass is 10.0. The van der Waals surface area contributed by atoms with Crippen LogP contribution in [0.15, 0.2) is 42.7 Å². The summed E-state index contributed by atoms with van der Waals surface area (Å²) < 4.78 is 50.5. The van der Waals surface area contributed by atoms with Gasteiger partial charge >= 0.3 is 6.18 Å². The first-order valence-electron chi connectivity index (χ1n) is 16.2. The molecule has 1 aliphatic carbocycles. The van der Waals surface area contributed by atoms with Crippen LogP contribution in [-0.4, -0.2) is 68.0 Å². The molecule has 1 N–H and O–H groups in total. The van der Waals surface area contributed by atoms with Gasteiger partial charge < -0.3 is 19.5 Å². The normalized spacial score (nSPS) is 17.7. The fraction of sp³-hybridized carbons (Fsp3) is 0.515. The van der Waals surface area contributed by atoms with E-state index in [1.54, 1.807) is 24.5 Å². The molecule has 0 radical (unpaired) electrons. The quantitative estimate of drug-likeness (QED) is 0.110. The van der Waals surface area contributed by atoms with E-state index in [1.807, 2.05) is 23.6 Å². The highest BCUT2D eigenvalue weighted by molar-refractivity contribution is 6.76. The predicted octanol–water partition coefficient (Wildman–Crippen LogP) is 7.25. The molecule has 2 aliphatic rings.